The van der Waals surface area contributed by atoms with E-state index in [2.05, 4.69) is 21.2 Å². The zero-order valence-electron chi connectivity index (χ0n) is 18.0. The number of nitrogens with zero attached hydrogens (tertiary/aromatic N) is 1. The molecular formula is C27H19BrN2O3S. The first-order valence-corrected chi connectivity index (χ1v) is 12.6. The maximum absolute atomic E-state index is 13.2. The molecule has 3 amide bonds. The van der Waals surface area contributed by atoms with Crippen molar-refractivity contribution in [1.29, 1.82) is 0 Å². The number of carbonyl (C=O) groups is 3. The molecule has 34 heavy (non-hydrogen) atoms. The van der Waals surface area contributed by atoms with Crippen LogP contribution in [-0.4, -0.2) is 23.5 Å². The average molecular weight is 531 g/mol. The molecule has 0 aromatic heterocycles. The van der Waals surface area contributed by atoms with Crippen molar-refractivity contribution in [1.82, 2.24) is 0 Å². The van der Waals surface area contributed by atoms with Gasteiger partial charge in [-0.25, -0.2) is 4.90 Å². The Hall–Kier alpha value is -3.42. The first-order chi connectivity index (χ1) is 16.5. The summed E-state index contributed by atoms with van der Waals surface area (Å²) in [6.45, 7) is 0. The Morgan fingerprint density at radius 2 is 1.50 bits per heavy atom. The fourth-order valence-corrected chi connectivity index (χ4v) is 5.27. The Labute approximate surface area is 209 Å². The zero-order chi connectivity index (χ0) is 23.7. The van der Waals surface area contributed by atoms with E-state index in [9.17, 15) is 14.4 Å². The highest BCUT2D eigenvalue weighted by molar-refractivity contribution is 9.10. The first kappa shape index (κ1) is 22.4. The van der Waals surface area contributed by atoms with Crippen molar-refractivity contribution >= 4 is 67.6 Å². The van der Waals surface area contributed by atoms with Crippen LogP contribution in [0.4, 0.5) is 11.4 Å². The van der Waals surface area contributed by atoms with Gasteiger partial charge >= 0.3 is 0 Å². The Kier molecular flexibility index (Phi) is 6.22. The number of nitrogens with one attached hydrogen (secondary N) is 1. The largest absolute Gasteiger partial charge is 0.325 e. The van der Waals surface area contributed by atoms with Crippen LogP contribution in [0, 0.1) is 0 Å². The first-order valence-electron chi connectivity index (χ1n) is 10.6. The van der Waals surface area contributed by atoms with E-state index in [1.54, 1.807) is 36.4 Å². The van der Waals surface area contributed by atoms with Gasteiger partial charge in [0.25, 0.3) is 11.8 Å². The number of rotatable bonds is 6. The van der Waals surface area contributed by atoms with Crippen molar-refractivity contribution in [3.05, 3.63) is 106 Å². The van der Waals surface area contributed by atoms with Crippen LogP contribution in [0.2, 0.25) is 0 Å². The number of carbonyl (C=O) groups excluding carboxylic acids is 3. The van der Waals surface area contributed by atoms with E-state index >= 15 is 0 Å². The molecule has 0 aliphatic carbocycles. The third kappa shape index (κ3) is 4.36. The molecule has 0 saturated carbocycles. The van der Waals surface area contributed by atoms with E-state index in [0.717, 1.165) is 21.2 Å². The fourth-order valence-electron chi connectivity index (χ4n) is 4.04. The lowest BCUT2D eigenvalue weighted by molar-refractivity contribution is -0.113. The SMILES string of the molecule is O=C(CSCc1cccc(Br)c1)Nc1ccc(N2C(=O)c3cccc4cccc(c34)C2=O)cc1. The van der Waals surface area contributed by atoms with Gasteiger partial charge in [-0.15, -0.1) is 11.8 Å². The maximum Gasteiger partial charge on any atom is 0.265 e. The van der Waals surface area contributed by atoms with Gasteiger partial charge in [-0.3, -0.25) is 14.4 Å². The topological polar surface area (TPSA) is 66.5 Å². The third-order valence-electron chi connectivity index (χ3n) is 5.57. The highest BCUT2D eigenvalue weighted by Crippen LogP contribution is 2.33. The van der Waals surface area contributed by atoms with Gasteiger partial charge in [-0.2, -0.15) is 0 Å². The maximum atomic E-state index is 13.2. The van der Waals surface area contributed by atoms with Crippen molar-refractivity contribution in [3.63, 3.8) is 0 Å². The third-order valence-corrected chi connectivity index (χ3v) is 7.07. The van der Waals surface area contributed by atoms with Crippen LogP contribution in [-0.2, 0) is 10.5 Å². The molecule has 0 radical (unpaired) electrons. The highest BCUT2D eigenvalue weighted by atomic mass is 79.9. The van der Waals surface area contributed by atoms with Crippen LogP contribution in [0.15, 0.2) is 89.4 Å². The summed E-state index contributed by atoms with van der Waals surface area (Å²) in [6.07, 6.45) is 0. The van der Waals surface area contributed by atoms with Gasteiger partial charge in [-0.1, -0.05) is 52.3 Å². The molecule has 1 aliphatic heterocycles. The molecular weight excluding hydrogens is 512 g/mol. The number of hydrogen-bond donors (Lipinski definition) is 1. The van der Waals surface area contributed by atoms with Crippen LogP contribution < -0.4 is 10.2 Å². The van der Waals surface area contributed by atoms with Gasteiger partial charge in [0.15, 0.2) is 0 Å². The van der Waals surface area contributed by atoms with Crippen LogP contribution in [0.5, 0.6) is 0 Å². The normalized spacial score (nSPS) is 12.8. The van der Waals surface area contributed by atoms with Gasteiger partial charge in [0.2, 0.25) is 5.91 Å². The van der Waals surface area contributed by atoms with Gasteiger partial charge in [0.05, 0.1) is 11.4 Å². The van der Waals surface area contributed by atoms with E-state index in [1.165, 1.54) is 16.7 Å². The second-order valence-electron chi connectivity index (χ2n) is 7.87. The lowest BCUT2D eigenvalue weighted by Gasteiger charge is -2.27. The molecule has 168 valence electrons. The molecule has 0 spiro atoms. The number of thioether (sulfide) groups is 1. The van der Waals surface area contributed by atoms with Gasteiger partial charge < -0.3 is 5.32 Å². The monoisotopic (exact) mass is 530 g/mol. The second-order valence-corrected chi connectivity index (χ2v) is 9.77. The predicted molar refractivity (Wildman–Crippen MR) is 140 cm³/mol. The summed E-state index contributed by atoms with van der Waals surface area (Å²) in [6, 6.07) is 25.7. The lowest BCUT2D eigenvalue weighted by Crippen LogP contribution is -2.40. The van der Waals surface area contributed by atoms with Crippen LogP contribution in [0.3, 0.4) is 0 Å². The van der Waals surface area contributed by atoms with Gasteiger partial charge in [0, 0.05) is 32.4 Å². The number of hydrogen-bond acceptors (Lipinski definition) is 4. The fraction of sp³-hybridized carbons (Fsp3) is 0.0741. The highest BCUT2D eigenvalue weighted by Gasteiger charge is 2.33. The predicted octanol–water partition coefficient (Wildman–Crippen LogP) is 6.27. The summed E-state index contributed by atoms with van der Waals surface area (Å²) in [5, 5.41) is 4.43. The van der Waals surface area contributed by atoms with Gasteiger partial charge in [-0.05, 0) is 59.5 Å². The number of halogens is 1. The summed E-state index contributed by atoms with van der Waals surface area (Å²) in [4.78, 5) is 39.9. The van der Waals surface area contributed by atoms with E-state index in [-0.39, 0.29) is 17.7 Å². The molecule has 7 heteroatoms. The minimum atomic E-state index is -0.352. The smallest absolute Gasteiger partial charge is 0.265 e. The number of anilines is 2. The Morgan fingerprint density at radius 1 is 0.853 bits per heavy atom. The standard InChI is InChI=1S/C27H19BrN2O3S/c28-19-7-1-4-17(14-19)15-34-16-24(31)29-20-10-12-21(13-11-20)30-26(32)22-8-2-5-18-6-3-9-23(25(18)22)27(30)33/h1-14H,15-16H2,(H,29,31). The van der Waals surface area contributed by atoms with Crippen molar-refractivity contribution in [2.45, 2.75) is 5.75 Å². The second kappa shape index (κ2) is 9.44. The molecule has 1 N–H and O–H groups in total. The molecule has 4 aromatic carbocycles. The minimum absolute atomic E-state index is 0.113. The van der Waals surface area contributed by atoms with E-state index in [4.69, 9.17) is 0 Å². The zero-order valence-corrected chi connectivity index (χ0v) is 20.4. The van der Waals surface area contributed by atoms with Gasteiger partial charge in [0.1, 0.15) is 0 Å². The summed E-state index contributed by atoms with van der Waals surface area (Å²) in [7, 11) is 0. The van der Waals surface area contributed by atoms with Crippen molar-refractivity contribution in [2.24, 2.45) is 0 Å². The van der Waals surface area contributed by atoms with Crippen molar-refractivity contribution in [2.75, 3.05) is 16.0 Å². The van der Waals surface area contributed by atoms with Crippen molar-refractivity contribution in [3.8, 4) is 0 Å². The molecule has 5 nitrogen and oxygen atoms in total. The van der Waals surface area contributed by atoms with E-state index in [1.807, 2.05) is 48.5 Å². The Bertz CT molecular complexity index is 1390. The molecule has 0 fully saturated rings. The minimum Gasteiger partial charge on any atom is -0.325 e. The number of benzene rings is 4. The molecule has 0 saturated heterocycles. The summed E-state index contributed by atoms with van der Waals surface area (Å²) in [5.41, 5.74) is 3.23. The molecule has 5 rings (SSSR count). The van der Waals surface area contributed by atoms with Crippen LogP contribution >= 0.6 is 27.7 Å². The molecule has 4 aromatic rings. The summed E-state index contributed by atoms with van der Waals surface area (Å²) < 4.78 is 1.01. The molecule has 1 heterocycles. The Balaban J connectivity index is 1.26. The summed E-state index contributed by atoms with van der Waals surface area (Å²) in [5.74, 6) is 0.237. The van der Waals surface area contributed by atoms with Crippen LogP contribution in [0.1, 0.15) is 26.3 Å². The summed E-state index contributed by atoms with van der Waals surface area (Å²) >= 11 is 4.98. The van der Waals surface area contributed by atoms with Crippen LogP contribution in [0.25, 0.3) is 10.8 Å². The van der Waals surface area contributed by atoms with E-state index < -0.39 is 0 Å². The average Bonchev–Trinajstić information content (AvgIpc) is 2.83. The van der Waals surface area contributed by atoms with E-state index in [0.29, 0.717) is 33.6 Å². The molecule has 1 aliphatic rings. The number of amides is 3. The molecule has 0 unspecified atom stereocenters. The molecule has 0 atom stereocenters. The number of imide groups is 1. The lowest BCUT2D eigenvalue weighted by atomic mass is 9.94. The Morgan fingerprint density at radius 3 is 2.15 bits per heavy atom. The molecule has 0 bridgehead atoms. The van der Waals surface area contributed by atoms with Crippen molar-refractivity contribution < 1.29 is 14.4 Å². The quantitative estimate of drug-likeness (QED) is 0.298.